The van der Waals surface area contributed by atoms with E-state index in [2.05, 4.69) is 11.8 Å². The molecular formula is C17H29N3O4. The predicted molar refractivity (Wildman–Crippen MR) is 88.6 cm³/mol. The van der Waals surface area contributed by atoms with Gasteiger partial charge in [0, 0.05) is 31.2 Å². The number of aliphatic hydroxyl groups excluding tert-OH is 1. The summed E-state index contributed by atoms with van der Waals surface area (Å²) in [4.78, 5) is 29.4. The maximum atomic E-state index is 12.8. The monoisotopic (exact) mass is 339 g/mol. The third kappa shape index (κ3) is 4.07. The molecule has 1 aliphatic heterocycles. The fraction of sp³-hybridized carbons (Fsp3) is 0.882. The second-order valence-corrected chi connectivity index (χ2v) is 7.75. The van der Waals surface area contributed by atoms with Gasteiger partial charge in [0.1, 0.15) is 0 Å². The van der Waals surface area contributed by atoms with Gasteiger partial charge in [0.2, 0.25) is 5.91 Å². The van der Waals surface area contributed by atoms with Crippen molar-refractivity contribution in [2.45, 2.75) is 56.8 Å². The fourth-order valence-electron chi connectivity index (χ4n) is 3.93. The zero-order valence-electron chi connectivity index (χ0n) is 14.6. The lowest BCUT2D eigenvalue weighted by Crippen LogP contribution is -2.47. The molecule has 0 unspecified atom stereocenters. The third-order valence-corrected chi connectivity index (χ3v) is 5.62. The molecule has 0 bridgehead atoms. The van der Waals surface area contributed by atoms with Gasteiger partial charge in [0.15, 0.2) is 0 Å². The molecule has 0 aromatic rings. The summed E-state index contributed by atoms with van der Waals surface area (Å²) in [5.41, 5.74) is 0. The Labute approximate surface area is 143 Å². The highest BCUT2D eigenvalue weighted by Gasteiger charge is 2.43. The molecule has 0 spiro atoms. The Morgan fingerprint density at radius 3 is 2.42 bits per heavy atom. The molecule has 24 heavy (non-hydrogen) atoms. The minimum absolute atomic E-state index is 0.101. The van der Waals surface area contributed by atoms with Gasteiger partial charge in [-0.1, -0.05) is 0 Å². The molecule has 2 N–H and O–H groups in total. The van der Waals surface area contributed by atoms with Crippen molar-refractivity contribution in [2.75, 3.05) is 33.2 Å². The molecule has 2 saturated carbocycles. The van der Waals surface area contributed by atoms with Crippen LogP contribution in [0.5, 0.6) is 0 Å². The molecule has 136 valence electrons. The largest absolute Gasteiger partial charge is 0.480 e. The first-order chi connectivity index (χ1) is 11.4. The maximum absolute atomic E-state index is 12.8. The molecule has 1 heterocycles. The summed E-state index contributed by atoms with van der Waals surface area (Å²) in [6.07, 6.45) is 4.05. The number of hydrogen-bond donors (Lipinski definition) is 2. The zero-order chi connectivity index (χ0) is 17.4. The van der Waals surface area contributed by atoms with Crippen LogP contribution in [0.3, 0.4) is 0 Å². The molecule has 3 rings (SSSR count). The molecule has 0 aromatic heterocycles. The zero-order valence-corrected chi connectivity index (χ0v) is 14.6. The van der Waals surface area contributed by atoms with Crippen molar-refractivity contribution >= 4 is 11.9 Å². The average molecular weight is 339 g/mol. The van der Waals surface area contributed by atoms with Gasteiger partial charge in [-0.05, 0) is 45.6 Å². The van der Waals surface area contributed by atoms with E-state index in [0.29, 0.717) is 37.6 Å². The number of β-amino-alcohol motifs (C(OH)–C–C–N with tert-alkyl or cyclic N) is 1. The van der Waals surface area contributed by atoms with E-state index in [0.717, 1.165) is 12.8 Å². The van der Waals surface area contributed by atoms with Gasteiger partial charge in [-0.25, -0.2) is 0 Å². The van der Waals surface area contributed by atoms with Crippen LogP contribution in [-0.4, -0.2) is 94.2 Å². The number of hydrogen-bond acceptors (Lipinski definition) is 5. The van der Waals surface area contributed by atoms with Crippen LogP contribution >= 0.6 is 0 Å². The standard InChI is InChI=1S/C17H29N3O4/c1-11(12-3-4-12)20(13-5-6-13)16(22)9-19-7-14(15(21)8-19)18(2)10-17(23)24/h11-15,21H,3-10H2,1-2H3,(H,23,24)/t11-,14-,15-/m1/s1. The molecular weight excluding hydrogens is 310 g/mol. The molecule has 7 nitrogen and oxygen atoms in total. The minimum Gasteiger partial charge on any atom is -0.480 e. The molecule has 0 radical (unpaired) electrons. The molecule has 3 atom stereocenters. The van der Waals surface area contributed by atoms with Gasteiger partial charge in [-0.3, -0.25) is 19.4 Å². The Morgan fingerprint density at radius 2 is 1.88 bits per heavy atom. The van der Waals surface area contributed by atoms with E-state index in [1.165, 1.54) is 12.8 Å². The molecule has 2 aliphatic carbocycles. The van der Waals surface area contributed by atoms with Crippen molar-refractivity contribution in [3.63, 3.8) is 0 Å². The Hall–Kier alpha value is -1.18. The summed E-state index contributed by atoms with van der Waals surface area (Å²) >= 11 is 0. The highest BCUT2D eigenvalue weighted by molar-refractivity contribution is 5.79. The lowest BCUT2D eigenvalue weighted by atomic mass is 10.1. The van der Waals surface area contributed by atoms with Gasteiger partial charge in [-0.15, -0.1) is 0 Å². The quantitative estimate of drug-likeness (QED) is 0.639. The number of likely N-dealkylation sites (tertiary alicyclic amines) is 1. The van der Waals surface area contributed by atoms with E-state index in [1.807, 2.05) is 4.90 Å². The van der Waals surface area contributed by atoms with Crippen molar-refractivity contribution in [1.29, 1.82) is 0 Å². The number of carboxylic acids is 1. The van der Waals surface area contributed by atoms with Crippen LogP contribution in [0.2, 0.25) is 0 Å². The van der Waals surface area contributed by atoms with Crippen molar-refractivity contribution in [1.82, 2.24) is 14.7 Å². The van der Waals surface area contributed by atoms with Gasteiger partial charge in [0.05, 0.1) is 19.2 Å². The topological polar surface area (TPSA) is 84.3 Å². The van der Waals surface area contributed by atoms with E-state index in [-0.39, 0.29) is 18.5 Å². The molecule has 7 heteroatoms. The van der Waals surface area contributed by atoms with Crippen LogP contribution < -0.4 is 0 Å². The lowest BCUT2D eigenvalue weighted by molar-refractivity contribution is -0.139. The number of carboxylic acid groups (broad SMARTS) is 1. The van der Waals surface area contributed by atoms with Crippen LogP contribution in [0.25, 0.3) is 0 Å². The first-order valence-corrected chi connectivity index (χ1v) is 9.00. The average Bonchev–Trinajstić information content (AvgIpc) is 3.37. The smallest absolute Gasteiger partial charge is 0.317 e. The number of rotatable bonds is 8. The van der Waals surface area contributed by atoms with Crippen LogP contribution in [-0.2, 0) is 9.59 Å². The van der Waals surface area contributed by atoms with E-state index >= 15 is 0 Å². The van der Waals surface area contributed by atoms with E-state index in [1.54, 1.807) is 11.9 Å². The Morgan fingerprint density at radius 1 is 1.21 bits per heavy atom. The summed E-state index contributed by atoms with van der Waals surface area (Å²) in [5, 5.41) is 19.1. The van der Waals surface area contributed by atoms with E-state index in [4.69, 9.17) is 5.11 Å². The molecule has 1 saturated heterocycles. The summed E-state index contributed by atoms with van der Waals surface area (Å²) in [5.74, 6) is -0.0869. The molecule has 3 fully saturated rings. The summed E-state index contributed by atoms with van der Waals surface area (Å²) in [6.45, 7) is 3.35. The van der Waals surface area contributed by atoms with E-state index in [9.17, 15) is 14.7 Å². The normalized spacial score (nSPS) is 29.0. The highest BCUT2D eigenvalue weighted by Crippen LogP contribution is 2.39. The second kappa shape index (κ2) is 6.98. The first-order valence-electron chi connectivity index (χ1n) is 9.00. The van der Waals surface area contributed by atoms with Crippen molar-refractivity contribution < 1.29 is 19.8 Å². The summed E-state index contributed by atoms with van der Waals surface area (Å²) in [6, 6.07) is 0.498. The summed E-state index contributed by atoms with van der Waals surface area (Å²) in [7, 11) is 1.71. The number of aliphatic hydroxyl groups is 1. The van der Waals surface area contributed by atoms with Gasteiger partial charge in [-0.2, -0.15) is 0 Å². The van der Waals surface area contributed by atoms with Gasteiger partial charge in [0.25, 0.3) is 0 Å². The number of carbonyl (C=O) groups is 2. The van der Waals surface area contributed by atoms with Crippen molar-refractivity contribution in [3.05, 3.63) is 0 Å². The SMILES string of the molecule is C[C@H](C1CC1)N(C(=O)CN1C[C@@H](O)[C@H](N(C)CC(=O)O)C1)C1CC1. The Bertz CT molecular complexity index is 492. The number of amides is 1. The Kier molecular flexibility index (Phi) is 5.13. The number of likely N-dealkylation sites (N-methyl/N-ethyl adjacent to an activating group) is 1. The van der Waals surface area contributed by atoms with Crippen LogP contribution in [0.1, 0.15) is 32.6 Å². The van der Waals surface area contributed by atoms with Crippen LogP contribution in [0.15, 0.2) is 0 Å². The molecule has 1 amide bonds. The van der Waals surface area contributed by atoms with E-state index < -0.39 is 12.1 Å². The third-order valence-electron chi connectivity index (χ3n) is 5.62. The highest BCUT2D eigenvalue weighted by atomic mass is 16.4. The van der Waals surface area contributed by atoms with Crippen molar-refractivity contribution in [3.8, 4) is 0 Å². The first kappa shape index (κ1) is 17.6. The summed E-state index contributed by atoms with van der Waals surface area (Å²) < 4.78 is 0. The fourth-order valence-corrected chi connectivity index (χ4v) is 3.93. The maximum Gasteiger partial charge on any atom is 0.317 e. The molecule has 3 aliphatic rings. The lowest BCUT2D eigenvalue weighted by Gasteiger charge is -2.31. The number of nitrogens with zero attached hydrogens (tertiary/aromatic N) is 3. The minimum atomic E-state index is -0.905. The second-order valence-electron chi connectivity index (χ2n) is 7.75. The van der Waals surface area contributed by atoms with Gasteiger partial charge >= 0.3 is 5.97 Å². The van der Waals surface area contributed by atoms with Crippen LogP contribution in [0.4, 0.5) is 0 Å². The van der Waals surface area contributed by atoms with Gasteiger partial charge < -0.3 is 15.1 Å². The molecule has 0 aromatic carbocycles. The predicted octanol–water partition coefficient (Wildman–Crippen LogP) is -0.163. The number of aliphatic carboxylic acids is 1. The Balaban J connectivity index is 1.55. The van der Waals surface area contributed by atoms with Crippen LogP contribution in [0, 0.1) is 5.92 Å². The van der Waals surface area contributed by atoms with Crippen molar-refractivity contribution in [2.24, 2.45) is 5.92 Å². The number of carbonyl (C=O) groups excluding carboxylic acids is 1.